The van der Waals surface area contributed by atoms with Crippen molar-refractivity contribution >= 4 is 23.2 Å². The van der Waals surface area contributed by atoms with E-state index in [9.17, 15) is 9.59 Å². The number of hydrogen-bond acceptors (Lipinski definition) is 5. The average molecular weight is 326 g/mol. The molecule has 2 rings (SSSR count). The minimum atomic E-state index is -0.222. The van der Waals surface area contributed by atoms with Crippen molar-refractivity contribution in [2.75, 3.05) is 11.9 Å². The molecule has 1 aromatic heterocycles. The van der Waals surface area contributed by atoms with Crippen molar-refractivity contribution in [1.29, 1.82) is 0 Å². The summed E-state index contributed by atoms with van der Waals surface area (Å²) in [5.41, 5.74) is 1.74. The van der Waals surface area contributed by atoms with Gasteiger partial charge in [0.25, 0.3) is 5.91 Å². The van der Waals surface area contributed by atoms with Crippen LogP contribution in [0.2, 0.25) is 0 Å². The number of Topliss-reactive ketones (excluding diaryl/α,β-unsaturated/α-hetero) is 1. The maximum Gasteiger partial charge on any atom is 0.271 e. The number of carbonyl (C=O) groups excluding carboxylic acids is 2. The van der Waals surface area contributed by atoms with Gasteiger partial charge in [-0.3, -0.25) is 9.59 Å². The number of hydrogen-bond donors (Lipinski definition) is 2. The van der Waals surface area contributed by atoms with Gasteiger partial charge in [-0.05, 0) is 55.7 Å². The lowest BCUT2D eigenvalue weighted by Gasteiger charge is -2.08. The van der Waals surface area contributed by atoms with E-state index in [0.717, 1.165) is 12.1 Å². The number of anilines is 2. The lowest BCUT2D eigenvalue weighted by Crippen LogP contribution is -2.26. The van der Waals surface area contributed by atoms with Gasteiger partial charge in [-0.15, -0.1) is 10.2 Å². The highest BCUT2D eigenvalue weighted by Crippen LogP contribution is 2.15. The van der Waals surface area contributed by atoms with E-state index in [1.807, 2.05) is 0 Å². The smallest absolute Gasteiger partial charge is 0.271 e. The molecule has 0 aliphatic carbocycles. The van der Waals surface area contributed by atoms with Gasteiger partial charge in [0.1, 0.15) is 0 Å². The number of ketones is 1. The molecule has 1 aromatic carbocycles. The predicted octanol–water partition coefficient (Wildman–Crippen LogP) is 3.20. The lowest BCUT2D eigenvalue weighted by atomic mass is 10.1. The van der Waals surface area contributed by atoms with Crippen molar-refractivity contribution in [3.8, 4) is 0 Å². The van der Waals surface area contributed by atoms with E-state index in [0.29, 0.717) is 23.8 Å². The fourth-order valence-corrected chi connectivity index (χ4v) is 2.02. The number of aromatic nitrogens is 2. The summed E-state index contributed by atoms with van der Waals surface area (Å²) in [6.07, 6.45) is 0.926. The highest BCUT2D eigenvalue weighted by molar-refractivity contribution is 5.94. The predicted molar refractivity (Wildman–Crippen MR) is 93.5 cm³/mol. The van der Waals surface area contributed by atoms with Crippen molar-refractivity contribution in [1.82, 2.24) is 15.5 Å². The summed E-state index contributed by atoms with van der Waals surface area (Å²) in [5.74, 6) is 0.872. The number of benzene rings is 1. The summed E-state index contributed by atoms with van der Waals surface area (Å²) >= 11 is 0. The van der Waals surface area contributed by atoms with Crippen molar-refractivity contribution in [2.45, 2.75) is 27.2 Å². The molecule has 1 amide bonds. The molecule has 0 unspecified atom stereocenters. The molecule has 2 N–H and O–H groups in total. The molecule has 126 valence electrons. The van der Waals surface area contributed by atoms with Crippen LogP contribution in [0.4, 0.5) is 11.5 Å². The zero-order chi connectivity index (χ0) is 17.5. The maximum atomic E-state index is 11.9. The van der Waals surface area contributed by atoms with Gasteiger partial charge < -0.3 is 10.6 Å². The number of nitrogens with one attached hydrogen (secondary N) is 2. The van der Waals surface area contributed by atoms with Gasteiger partial charge in [0.2, 0.25) is 0 Å². The summed E-state index contributed by atoms with van der Waals surface area (Å²) in [4.78, 5) is 23.2. The first-order chi connectivity index (χ1) is 11.5. The standard InChI is InChI=1S/C18H22N4O2/c1-12(2)10-11-19-18(24)16-8-9-17(22-21-16)20-15-6-4-14(5-7-15)13(3)23/h4-9,12H,10-11H2,1-3H3,(H,19,24)(H,20,22). The van der Waals surface area contributed by atoms with Crippen molar-refractivity contribution in [3.63, 3.8) is 0 Å². The number of amides is 1. The fraction of sp³-hybridized carbons (Fsp3) is 0.333. The van der Waals surface area contributed by atoms with Crippen LogP contribution >= 0.6 is 0 Å². The third-order valence-corrected chi connectivity index (χ3v) is 3.47. The molecule has 24 heavy (non-hydrogen) atoms. The van der Waals surface area contributed by atoms with E-state index in [1.165, 1.54) is 6.92 Å². The summed E-state index contributed by atoms with van der Waals surface area (Å²) in [7, 11) is 0. The Morgan fingerprint density at radius 1 is 1.04 bits per heavy atom. The van der Waals surface area contributed by atoms with Crippen molar-refractivity contribution in [2.24, 2.45) is 5.92 Å². The van der Waals surface area contributed by atoms with Gasteiger partial charge in [-0.1, -0.05) is 13.8 Å². The molecule has 1 heterocycles. The fourth-order valence-electron chi connectivity index (χ4n) is 2.02. The summed E-state index contributed by atoms with van der Waals surface area (Å²) in [5, 5.41) is 13.8. The monoisotopic (exact) mass is 326 g/mol. The molecular weight excluding hydrogens is 304 g/mol. The number of rotatable bonds is 7. The van der Waals surface area contributed by atoms with E-state index in [1.54, 1.807) is 36.4 Å². The van der Waals surface area contributed by atoms with Gasteiger partial charge >= 0.3 is 0 Å². The van der Waals surface area contributed by atoms with Crippen LogP contribution in [0.25, 0.3) is 0 Å². The quantitative estimate of drug-likeness (QED) is 0.763. The molecule has 0 spiro atoms. The highest BCUT2D eigenvalue weighted by atomic mass is 16.2. The second kappa shape index (κ2) is 8.19. The first-order valence-corrected chi connectivity index (χ1v) is 7.95. The summed E-state index contributed by atoms with van der Waals surface area (Å²) < 4.78 is 0. The van der Waals surface area contributed by atoms with Gasteiger partial charge in [-0.2, -0.15) is 0 Å². The van der Waals surface area contributed by atoms with Crippen molar-refractivity contribution in [3.05, 3.63) is 47.7 Å². The van der Waals surface area contributed by atoms with E-state index >= 15 is 0 Å². The average Bonchev–Trinajstić information content (AvgIpc) is 2.55. The minimum Gasteiger partial charge on any atom is -0.351 e. The second-order valence-electron chi connectivity index (χ2n) is 6.00. The van der Waals surface area contributed by atoms with Crippen molar-refractivity contribution < 1.29 is 9.59 Å². The minimum absolute atomic E-state index is 0.0224. The van der Waals surface area contributed by atoms with E-state index in [-0.39, 0.29) is 17.4 Å². The Kier molecular flexibility index (Phi) is 6.01. The Morgan fingerprint density at radius 3 is 2.29 bits per heavy atom. The Hall–Kier alpha value is -2.76. The van der Waals surface area contributed by atoms with Crippen LogP contribution in [0, 0.1) is 5.92 Å². The van der Waals surface area contributed by atoms with Crippen LogP contribution in [-0.2, 0) is 0 Å². The molecule has 6 heteroatoms. The highest BCUT2D eigenvalue weighted by Gasteiger charge is 2.08. The summed E-state index contributed by atoms with van der Waals surface area (Å²) in [6, 6.07) is 10.4. The molecule has 0 radical (unpaired) electrons. The zero-order valence-corrected chi connectivity index (χ0v) is 14.2. The third kappa shape index (κ3) is 5.15. The van der Waals surface area contributed by atoms with Gasteiger partial charge in [0.15, 0.2) is 17.3 Å². The number of carbonyl (C=O) groups is 2. The molecule has 0 bridgehead atoms. The van der Waals surface area contributed by atoms with Gasteiger partial charge in [0, 0.05) is 17.8 Å². The molecular formula is C18H22N4O2. The van der Waals surface area contributed by atoms with Crippen LogP contribution in [0.1, 0.15) is 48.0 Å². The SMILES string of the molecule is CC(=O)c1ccc(Nc2ccc(C(=O)NCCC(C)C)nn2)cc1. The Balaban J connectivity index is 1.94. The molecule has 6 nitrogen and oxygen atoms in total. The molecule has 0 fully saturated rings. The topological polar surface area (TPSA) is 84.0 Å². The largest absolute Gasteiger partial charge is 0.351 e. The maximum absolute atomic E-state index is 11.9. The van der Waals surface area contributed by atoms with Crippen LogP contribution < -0.4 is 10.6 Å². The Labute approximate surface area is 141 Å². The molecule has 0 saturated carbocycles. The van der Waals surface area contributed by atoms with E-state index < -0.39 is 0 Å². The second-order valence-corrected chi connectivity index (χ2v) is 6.00. The molecule has 0 atom stereocenters. The van der Waals surface area contributed by atoms with Crippen LogP contribution in [0.15, 0.2) is 36.4 Å². The molecule has 0 saturated heterocycles. The first-order valence-electron chi connectivity index (χ1n) is 7.95. The van der Waals surface area contributed by atoms with Crippen LogP contribution in [0.3, 0.4) is 0 Å². The van der Waals surface area contributed by atoms with E-state index in [2.05, 4.69) is 34.7 Å². The van der Waals surface area contributed by atoms with E-state index in [4.69, 9.17) is 0 Å². The molecule has 0 aliphatic heterocycles. The zero-order valence-electron chi connectivity index (χ0n) is 14.2. The third-order valence-electron chi connectivity index (χ3n) is 3.47. The number of nitrogens with zero attached hydrogens (tertiary/aromatic N) is 2. The van der Waals surface area contributed by atoms with Crippen LogP contribution in [0.5, 0.6) is 0 Å². The first kappa shape index (κ1) is 17.6. The lowest BCUT2D eigenvalue weighted by molar-refractivity contribution is 0.0945. The molecule has 2 aromatic rings. The van der Waals surface area contributed by atoms with Crippen LogP contribution in [-0.4, -0.2) is 28.4 Å². The normalized spacial score (nSPS) is 10.5. The van der Waals surface area contributed by atoms with Gasteiger partial charge in [0.05, 0.1) is 0 Å². The Bertz CT molecular complexity index is 694. The van der Waals surface area contributed by atoms with Gasteiger partial charge in [-0.25, -0.2) is 0 Å². The Morgan fingerprint density at radius 2 is 1.75 bits per heavy atom. The molecule has 0 aliphatic rings. The summed E-state index contributed by atoms with van der Waals surface area (Å²) in [6.45, 7) is 6.37.